The van der Waals surface area contributed by atoms with Gasteiger partial charge in [-0.2, -0.15) is 9.97 Å². The van der Waals surface area contributed by atoms with Gasteiger partial charge < -0.3 is 25.1 Å². The Morgan fingerprint density at radius 2 is 1.98 bits per heavy atom. The molecule has 3 N–H and O–H groups in total. The SMILES string of the molecule is CCOC(=O)C(Cc1ccc(N2CCCCS2(=O)=O)cc1)(OC[C@H]1O[C@@H](n2cnc3c(N)nc(Cl)nc32)[C@@H](F)[C@@H]1O)C(C)=O. The third-order valence-corrected chi connectivity index (χ3v) is 9.72. The molecule has 0 amide bonds. The Labute approximate surface area is 257 Å². The number of aliphatic hydroxyl groups excluding tert-OH is 1. The molecule has 2 aromatic heterocycles. The molecule has 1 unspecified atom stereocenters. The van der Waals surface area contributed by atoms with Crippen molar-refractivity contribution in [3.05, 3.63) is 41.4 Å². The number of nitrogens with zero attached hydrogens (tertiary/aromatic N) is 5. The number of imidazole rings is 1. The molecule has 2 aliphatic rings. The molecular weight excluding hydrogens is 623 g/mol. The number of benzene rings is 1. The number of aromatic nitrogens is 4. The van der Waals surface area contributed by atoms with Gasteiger partial charge >= 0.3 is 5.97 Å². The molecule has 2 saturated heterocycles. The summed E-state index contributed by atoms with van der Waals surface area (Å²) in [6.45, 7) is 2.46. The maximum atomic E-state index is 15.4. The lowest BCUT2D eigenvalue weighted by atomic mass is 9.90. The molecule has 0 bridgehead atoms. The van der Waals surface area contributed by atoms with Crippen LogP contribution in [0.25, 0.3) is 11.2 Å². The van der Waals surface area contributed by atoms with Gasteiger partial charge in [0, 0.05) is 13.0 Å². The molecule has 0 spiro atoms. The number of esters is 1. The first-order valence-electron chi connectivity index (χ1n) is 13.9. The number of hydrogen-bond acceptors (Lipinski definition) is 12. The molecule has 14 nitrogen and oxygen atoms in total. The maximum absolute atomic E-state index is 15.4. The number of carbonyl (C=O) groups is 2. The van der Waals surface area contributed by atoms with Crippen LogP contribution in [0.5, 0.6) is 0 Å². The molecule has 17 heteroatoms. The van der Waals surface area contributed by atoms with Gasteiger partial charge in [-0.1, -0.05) is 12.1 Å². The van der Waals surface area contributed by atoms with Crippen molar-refractivity contribution in [3.63, 3.8) is 0 Å². The Morgan fingerprint density at radius 3 is 2.64 bits per heavy atom. The zero-order valence-corrected chi connectivity index (χ0v) is 25.5. The minimum absolute atomic E-state index is 0.0288. The molecule has 0 radical (unpaired) electrons. The van der Waals surface area contributed by atoms with Crippen LogP contribution in [0.1, 0.15) is 38.5 Å². The molecule has 238 valence electrons. The van der Waals surface area contributed by atoms with Crippen LogP contribution in [-0.2, 0) is 40.2 Å². The Kier molecular flexibility index (Phi) is 9.09. The second-order valence-corrected chi connectivity index (χ2v) is 12.9. The van der Waals surface area contributed by atoms with Crippen LogP contribution in [0.2, 0.25) is 5.28 Å². The molecule has 44 heavy (non-hydrogen) atoms. The topological polar surface area (TPSA) is 189 Å². The van der Waals surface area contributed by atoms with Crippen molar-refractivity contribution in [2.45, 2.75) is 63.3 Å². The Morgan fingerprint density at radius 1 is 1.25 bits per heavy atom. The van der Waals surface area contributed by atoms with E-state index in [1.54, 1.807) is 31.2 Å². The van der Waals surface area contributed by atoms with Crippen molar-refractivity contribution >= 4 is 56.0 Å². The van der Waals surface area contributed by atoms with E-state index in [0.717, 1.165) is 13.3 Å². The first kappa shape index (κ1) is 32.0. The number of ketones is 1. The van der Waals surface area contributed by atoms with Crippen molar-refractivity contribution in [1.29, 1.82) is 0 Å². The lowest BCUT2D eigenvalue weighted by molar-refractivity contribution is -0.183. The van der Waals surface area contributed by atoms with Crippen LogP contribution in [-0.4, -0.2) is 94.3 Å². The average Bonchev–Trinajstić information content (AvgIpc) is 3.51. The van der Waals surface area contributed by atoms with Gasteiger partial charge in [0.2, 0.25) is 20.9 Å². The number of ether oxygens (including phenoxy) is 3. The number of nitrogen functional groups attached to an aromatic ring is 1. The van der Waals surface area contributed by atoms with Gasteiger partial charge in [-0.05, 0) is 56.0 Å². The van der Waals surface area contributed by atoms with Crippen molar-refractivity contribution in [1.82, 2.24) is 19.5 Å². The predicted molar refractivity (Wildman–Crippen MR) is 156 cm³/mol. The fourth-order valence-corrected chi connectivity index (χ4v) is 7.14. The fraction of sp³-hybridized carbons (Fsp3) is 0.519. The Balaban J connectivity index is 1.37. The highest BCUT2D eigenvalue weighted by Crippen LogP contribution is 2.36. The van der Waals surface area contributed by atoms with E-state index >= 15 is 4.39 Å². The van der Waals surface area contributed by atoms with E-state index in [1.807, 2.05) is 0 Å². The largest absolute Gasteiger partial charge is 0.463 e. The van der Waals surface area contributed by atoms with E-state index in [-0.39, 0.29) is 41.0 Å². The summed E-state index contributed by atoms with van der Waals surface area (Å²) in [4.78, 5) is 38.2. The van der Waals surface area contributed by atoms with Crippen molar-refractivity contribution in [2.24, 2.45) is 0 Å². The van der Waals surface area contributed by atoms with Gasteiger partial charge in [0.1, 0.15) is 17.7 Å². The monoisotopic (exact) mass is 654 g/mol. The summed E-state index contributed by atoms with van der Waals surface area (Å²) in [6, 6.07) is 6.37. The van der Waals surface area contributed by atoms with E-state index in [1.165, 1.54) is 15.2 Å². The number of alkyl halides is 1. The molecule has 1 aromatic carbocycles. The first-order chi connectivity index (χ1) is 20.9. The molecule has 3 aromatic rings. The van der Waals surface area contributed by atoms with Crippen molar-refractivity contribution < 1.29 is 41.7 Å². The lowest BCUT2D eigenvalue weighted by Gasteiger charge is -2.31. The second-order valence-electron chi connectivity index (χ2n) is 10.6. The van der Waals surface area contributed by atoms with E-state index in [9.17, 15) is 23.1 Å². The van der Waals surface area contributed by atoms with Gasteiger partial charge in [-0.25, -0.2) is 22.6 Å². The average molecular weight is 655 g/mol. The van der Waals surface area contributed by atoms with Crippen molar-refractivity contribution in [2.75, 3.05) is 35.6 Å². The summed E-state index contributed by atoms with van der Waals surface area (Å²) in [5.74, 6) is -1.64. The third-order valence-electron chi connectivity index (χ3n) is 7.68. The number of aliphatic hydroxyl groups is 1. The normalized spacial score (nSPS) is 24.7. The summed E-state index contributed by atoms with van der Waals surface area (Å²) in [5, 5.41) is 10.5. The zero-order chi connectivity index (χ0) is 31.8. The van der Waals surface area contributed by atoms with Crippen LogP contribution in [0.3, 0.4) is 0 Å². The third kappa shape index (κ3) is 5.96. The smallest absolute Gasteiger partial charge is 0.346 e. The number of nitrogens with two attached hydrogens (primary N) is 1. The maximum Gasteiger partial charge on any atom is 0.346 e. The number of carbonyl (C=O) groups excluding carboxylic acids is 2. The van der Waals surface area contributed by atoms with Gasteiger partial charge in [-0.3, -0.25) is 13.7 Å². The summed E-state index contributed by atoms with van der Waals surface area (Å²) < 4.78 is 59.9. The number of Topliss-reactive ketones (excluding diaryl/α,β-unsaturated/α-hetero) is 1. The molecule has 5 rings (SSSR count). The highest BCUT2D eigenvalue weighted by molar-refractivity contribution is 7.92. The van der Waals surface area contributed by atoms with Crippen LogP contribution in [0.15, 0.2) is 30.6 Å². The number of rotatable bonds is 10. The number of hydrogen-bond donors (Lipinski definition) is 2. The molecule has 0 saturated carbocycles. The summed E-state index contributed by atoms with van der Waals surface area (Å²) in [5.41, 5.74) is 4.83. The number of sulfonamides is 1. The van der Waals surface area contributed by atoms with Gasteiger partial charge in [0.25, 0.3) is 0 Å². The predicted octanol–water partition coefficient (Wildman–Crippen LogP) is 1.74. The standard InChI is InChI=1S/C27H32ClFN6O8S/c1-3-41-25(38)27(15(2)36,12-16-6-8-17(9-7-16)35-10-4-5-11-44(35,39)40)42-13-18-21(37)19(29)24(43-18)34-14-31-20-22(30)32-26(28)33-23(20)34/h6-9,14,18-19,21,24,37H,3-5,10-13H2,1-2H3,(H2,30,32,33)/t18-,19+,21-,24-,27?/m1/s1. The molecule has 5 atom stereocenters. The van der Waals surface area contributed by atoms with E-state index < -0.39 is 58.6 Å². The van der Waals surface area contributed by atoms with Crippen LogP contribution in [0, 0.1) is 0 Å². The number of fused-ring (bicyclic) bond motifs is 1. The molecular formula is C27H32ClFN6O8S. The van der Waals surface area contributed by atoms with Crippen molar-refractivity contribution in [3.8, 4) is 0 Å². The summed E-state index contributed by atoms with van der Waals surface area (Å²) in [7, 11) is -3.44. The highest BCUT2D eigenvalue weighted by atomic mass is 35.5. The number of anilines is 2. The Bertz CT molecular complexity index is 1660. The summed E-state index contributed by atoms with van der Waals surface area (Å²) in [6.07, 6.45) is -4.17. The molecule has 4 heterocycles. The fourth-order valence-electron chi connectivity index (χ4n) is 5.33. The Hall–Kier alpha value is -3.44. The zero-order valence-electron chi connectivity index (χ0n) is 23.9. The minimum Gasteiger partial charge on any atom is -0.463 e. The minimum atomic E-state index is -3.44. The number of halogens is 2. The summed E-state index contributed by atoms with van der Waals surface area (Å²) >= 11 is 5.91. The molecule has 2 fully saturated rings. The lowest BCUT2D eigenvalue weighted by Crippen LogP contribution is -2.52. The van der Waals surface area contributed by atoms with Crippen LogP contribution < -0.4 is 10.0 Å². The van der Waals surface area contributed by atoms with Gasteiger partial charge in [0.05, 0.1) is 31.0 Å². The van der Waals surface area contributed by atoms with Gasteiger partial charge in [-0.15, -0.1) is 0 Å². The first-order valence-corrected chi connectivity index (χ1v) is 15.9. The van der Waals surface area contributed by atoms with Gasteiger partial charge in [0.15, 0.2) is 29.6 Å². The highest BCUT2D eigenvalue weighted by Gasteiger charge is 2.51. The quantitative estimate of drug-likeness (QED) is 0.183. The van der Waals surface area contributed by atoms with E-state index in [2.05, 4.69) is 15.0 Å². The van der Waals surface area contributed by atoms with Crippen LogP contribution in [0.4, 0.5) is 15.9 Å². The van der Waals surface area contributed by atoms with E-state index in [4.69, 9.17) is 31.5 Å². The van der Waals surface area contributed by atoms with Crippen LogP contribution >= 0.6 is 11.6 Å². The van der Waals surface area contributed by atoms with E-state index in [0.29, 0.717) is 24.2 Å². The molecule has 0 aliphatic carbocycles. The second kappa shape index (κ2) is 12.5. The molecule has 2 aliphatic heterocycles.